The average molecular weight is 390 g/mol. The van der Waals surface area contributed by atoms with Crippen molar-refractivity contribution in [3.05, 3.63) is 59.7 Å². The Labute approximate surface area is 165 Å². The van der Waals surface area contributed by atoms with Gasteiger partial charge in [-0.25, -0.2) is 9.97 Å². The van der Waals surface area contributed by atoms with Gasteiger partial charge in [0.1, 0.15) is 10.7 Å². The number of H-pyrrole nitrogens is 1. The fourth-order valence-corrected chi connectivity index (χ4v) is 4.58. The molecular formula is C21H18N4O2S. The normalized spacial score (nSPS) is 19.6. The standard InChI is InChI=1S/C21H18N4O2S/c1-25-9-7-21(27,20(25)26)14-5-2-4-13(10-14)17-12-28-19(24-17)16-11-23-18-15(16)6-3-8-22-18/h2-6,8,10-12,27H,7,9H2,1H3,(H,22,23)/t21-/m0/s1. The molecule has 140 valence electrons. The van der Waals surface area contributed by atoms with Crippen molar-refractivity contribution in [3.8, 4) is 21.8 Å². The first-order valence-corrected chi connectivity index (χ1v) is 9.91. The smallest absolute Gasteiger partial charge is 0.258 e. The zero-order chi connectivity index (χ0) is 19.3. The van der Waals surface area contributed by atoms with Crippen molar-refractivity contribution >= 4 is 28.3 Å². The van der Waals surface area contributed by atoms with Crippen molar-refractivity contribution in [2.45, 2.75) is 12.0 Å². The van der Waals surface area contributed by atoms with Gasteiger partial charge in [-0.05, 0) is 23.8 Å². The minimum Gasteiger partial charge on any atom is -0.375 e. The molecule has 1 aliphatic heterocycles. The Morgan fingerprint density at radius 2 is 2.18 bits per heavy atom. The number of aromatic amines is 1. The van der Waals surface area contributed by atoms with E-state index in [4.69, 9.17) is 4.98 Å². The number of fused-ring (bicyclic) bond motifs is 1. The molecular weight excluding hydrogens is 372 g/mol. The molecule has 6 nitrogen and oxygen atoms in total. The van der Waals surface area contributed by atoms with Crippen molar-refractivity contribution in [3.63, 3.8) is 0 Å². The van der Waals surface area contributed by atoms with E-state index in [2.05, 4.69) is 9.97 Å². The number of hydrogen-bond acceptors (Lipinski definition) is 5. The van der Waals surface area contributed by atoms with E-state index in [1.165, 1.54) is 0 Å². The predicted octanol–water partition coefficient (Wildman–Crippen LogP) is 3.40. The highest BCUT2D eigenvalue weighted by molar-refractivity contribution is 7.13. The summed E-state index contributed by atoms with van der Waals surface area (Å²) in [5.74, 6) is -0.255. The van der Waals surface area contributed by atoms with Gasteiger partial charge in [-0.3, -0.25) is 4.79 Å². The van der Waals surface area contributed by atoms with Gasteiger partial charge in [0.05, 0.1) is 5.69 Å². The molecule has 0 radical (unpaired) electrons. The molecule has 0 saturated carbocycles. The van der Waals surface area contributed by atoms with Gasteiger partial charge in [0, 0.05) is 54.3 Å². The summed E-state index contributed by atoms with van der Waals surface area (Å²) in [4.78, 5) is 26.3. The number of likely N-dealkylation sites (tertiary alicyclic amines) is 1. The maximum absolute atomic E-state index is 12.4. The van der Waals surface area contributed by atoms with Crippen molar-refractivity contribution in [1.29, 1.82) is 0 Å². The molecule has 4 aromatic rings. The second-order valence-electron chi connectivity index (χ2n) is 7.06. The van der Waals surface area contributed by atoms with Crippen LogP contribution in [0.2, 0.25) is 0 Å². The number of pyridine rings is 1. The van der Waals surface area contributed by atoms with Crippen LogP contribution >= 0.6 is 11.3 Å². The Bertz CT molecular complexity index is 1200. The van der Waals surface area contributed by atoms with E-state index in [1.807, 2.05) is 41.9 Å². The van der Waals surface area contributed by atoms with Gasteiger partial charge >= 0.3 is 0 Å². The fourth-order valence-electron chi connectivity index (χ4n) is 3.72. The van der Waals surface area contributed by atoms with Gasteiger partial charge in [-0.15, -0.1) is 11.3 Å². The van der Waals surface area contributed by atoms with Crippen LogP contribution in [0, 0.1) is 0 Å². The molecule has 1 amide bonds. The molecule has 1 saturated heterocycles. The summed E-state index contributed by atoms with van der Waals surface area (Å²) in [6.07, 6.45) is 4.08. The number of carbonyl (C=O) groups is 1. The summed E-state index contributed by atoms with van der Waals surface area (Å²) in [5, 5.41) is 14.9. The van der Waals surface area contributed by atoms with Crippen molar-refractivity contribution < 1.29 is 9.90 Å². The first-order chi connectivity index (χ1) is 13.6. The lowest BCUT2D eigenvalue weighted by molar-refractivity contribution is -0.143. The number of nitrogens with one attached hydrogen (secondary N) is 1. The van der Waals surface area contributed by atoms with E-state index >= 15 is 0 Å². The quantitative estimate of drug-likeness (QED) is 0.562. The Kier molecular flexibility index (Phi) is 3.82. The van der Waals surface area contributed by atoms with Gasteiger partial charge in [0.2, 0.25) is 0 Å². The Morgan fingerprint density at radius 3 is 3.00 bits per heavy atom. The van der Waals surface area contributed by atoms with Crippen LogP contribution in [-0.2, 0) is 10.4 Å². The number of carbonyl (C=O) groups excluding carboxylic acids is 1. The van der Waals surface area contributed by atoms with Crippen molar-refractivity contribution in [1.82, 2.24) is 19.9 Å². The van der Waals surface area contributed by atoms with Gasteiger partial charge < -0.3 is 15.0 Å². The van der Waals surface area contributed by atoms with Gasteiger partial charge in [0.25, 0.3) is 5.91 Å². The van der Waals surface area contributed by atoms with E-state index in [9.17, 15) is 9.90 Å². The Morgan fingerprint density at radius 1 is 1.29 bits per heavy atom. The first kappa shape index (κ1) is 17.1. The summed E-state index contributed by atoms with van der Waals surface area (Å²) in [6.45, 7) is 0.551. The third kappa shape index (κ3) is 2.55. The summed E-state index contributed by atoms with van der Waals surface area (Å²) in [5.41, 5.74) is 2.72. The highest BCUT2D eigenvalue weighted by Gasteiger charge is 2.45. The molecule has 1 aliphatic rings. The topological polar surface area (TPSA) is 82.1 Å². The van der Waals surface area contributed by atoms with Crippen LogP contribution in [-0.4, -0.2) is 44.5 Å². The molecule has 4 heterocycles. The number of rotatable bonds is 3. The minimum atomic E-state index is -1.45. The maximum Gasteiger partial charge on any atom is 0.258 e. The summed E-state index contributed by atoms with van der Waals surface area (Å²) < 4.78 is 0. The van der Waals surface area contributed by atoms with E-state index in [1.54, 1.807) is 35.5 Å². The largest absolute Gasteiger partial charge is 0.375 e. The maximum atomic E-state index is 12.4. The second kappa shape index (κ2) is 6.25. The van der Waals surface area contributed by atoms with E-state index in [0.29, 0.717) is 18.5 Å². The van der Waals surface area contributed by atoms with Crippen LogP contribution in [0.3, 0.4) is 0 Å². The molecule has 3 aromatic heterocycles. The molecule has 0 aliphatic carbocycles. The Balaban J connectivity index is 1.52. The van der Waals surface area contributed by atoms with Gasteiger partial charge in [-0.2, -0.15) is 0 Å². The monoisotopic (exact) mass is 390 g/mol. The first-order valence-electron chi connectivity index (χ1n) is 9.03. The van der Waals surface area contributed by atoms with Crippen LogP contribution < -0.4 is 0 Å². The molecule has 0 unspecified atom stereocenters. The molecule has 0 bridgehead atoms. The molecule has 5 rings (SSSR count). The minimum absolute atomic E-state index is 0.255. The van der Waals surface area contributed by atoms with Crippen LogP contribution in [0.5, 0.6) is 0 Å². The second-order valence-corrected chi connectivity index (χ2v) is 7.92. The van der Waals surface area contributed by atoms with Crippen LogP contribution in [0.1, 0.15) is 12.0 Å². The Hall–Kier alpha value is -3.03. The highest BCUT2D eigenvalue weighted by Crippen LogP contribution is 2.36. The highest BCUT2D eigenvalue weighted by atomic mass is 32.1. The molecule has 28 heavy (non-hydrogen) atoms. The fraction of sp³-hybridized carbons (Fsp3) is 0.190. The van der Waals surface area contributed by atoms with E-state index in [-0.39, 0.29) is 5.91 Å². The van der Waals surface area contributed by atoms with Gasteiger partial charge in [0.15, 0.2) is 5.60 Å². The average Bonchev–Trinajstić information content (AvgIpc) is 3.43. The number of amides is 1. The third-order valence-electron chi connectivity index (χ3n) is 5.33. The van der Waals surface area contributed by atoms with E-state index < -0.39 is 5.60 Å². The molecule has 2 N–H and O–H groups in total. The number of aliphatic hydroxyl groups is 1. The number of benzene rings is 1. The number of likely N-dealkylation sites (N-methyl/N-ethyl adjacent to an activating group) is 1. The predicted molar refractivity (Wildman–Crippen MR) is 109 cm³/mol. The van der Waals surface area contributed by atoms with Gasteiger partial charge in [-0.1, -0.05) is 18.2 Å². The summed E-state index contributed by atoms with van der Waals surface area (Å²) in [7, 11) is 1.72. The lowest BCUT2D eigenvalue weighted by Gasteiger charge is -2.21. The number of thiazole rings is 1. The zero-order valence-corrected chi connectivity index (χ0v) is 16.0. The number of aromatic nitrogens is 3. The van der Waals surface area contributed by atoms with Crippen molar-refractivity contribution in [2.75, 3.05) is 13.6 Å². The lowest BCUT2D eigenvalue weighted by atomic mass is 9.90. The molecule has 1 aromatic carbocycles. The SMILES string of the molecule is CN1CC[C@](O)(c2cccc(-c3csc(-c4c[nH]c5ncccc45)n3)c2)C1=O. The molecule has 0 spiro atoms. The summed E-state index contributed by atoms with van der Waals surface area (Å²) >= 11 is 1.56. The molecule has 1 fully saturated rings. The molecule has 7 heteroatoms. The number of nitrogens with zero attached hydrogens (tertiary/aromatic N) is 3. The third-order valence-corrected chi connectivity index (χ3v) is 6.21. The van der Waals surface area contributed by atoms with E-state index in [0.717, 1.165) is 32.9 Å². The summed E-state index contributed by atoms with van der Waals surface area (Å²) in [6, 6.07) is 11.4. The van der Waals surface area contributed by atoms with Crippen LogP contribution in [0.25, 0.3) is 32.9 Å². The molecule has 1 atom stereocenters. The zero-order valence-electron chi connectivity index (χ0n) is 15.2. The lowest BCUT2D eigenvalue weighted by Crippen LogP contribution is -2.36. The van der Waals surface area contributed by atoms with Crippen LogP contribution in [0.4, 0.5) is 0 Å². The van der Waals surface area contributed by atoms with Crippen molar-refractivity contribution in [2.24, 2.45) is 0 Å². The van der Waals surface area contributed by atoms with Crippen LogP contribution in [0.15, 0.2) is 54.2 Å². The number of hydrogen-bond donors (Lipinski definition) is 2.